The van der Waals surface area contributed by atoms with Gasteiger partial charge in [0.1, 0.15) is 5.82 Å². The summed E-state index contributed by atoms with van der Waals surface area (Å²) in [6, 6.07) is 2.56. The van der Waals surface area contributed by atoms with E-state index in [9.17, 15) is 4.79 Å². The predicted octanol–water partition coefficient (Wildman–Crippen LogP) is 1.48. The Kier molecular flexibility index (Phi) is 5.76. The van der Waals surface area contributed by atoms with E-state index in [1.807, 2.05) is 10.7 Å². The first-order valence-corrected chi connectivity index (χ1v) is 7.90. The third-order valence-electron chi connectivity index (χ3n) is 3.84. The zero-order valence-electron chi connectivity index (χ0n) is 13.3. The summed E-state index contributed by atoms with van der Waals surface area (Å²) >= 11 is 0. The maximum absolute atomic E-state index is 12.3. The molecule has 1 amide bonds. The predicted molar refractivity (Wildman–Crippen MR) is 84.4 cm³/mol. The van der Waals surface area contributed by atoms with Crippen LogP contribution in [0.25, 0.3) is 0 Å². The highest BCUT2D eigenvalue weighted by Crippen LogP contribution is 2.14. The molecule has 1 aliphatic rings. The quantitative estimate of drug-likeness (QED) is 0.799. The van der Waals surface area contributed by atoms with Gasteiger partial charge in [-0.3, -0.25) is 9.69 Å². The van der Waals surface area contributed by atoms with Crippen LogP contribution in [0.1, 0.15) is 39.7 Å². The van der Waals surface area contributed by atoms with E-state index >= 15 is 0 Å². The van der Waals surface area contributed by atoms with Gasteiger partial charge in [-0.2, -0.15) is 5.10 Å². The molecule has 1 unspecified atom stereocenters. The standard InChI is InChI=1S/C15H27N5O/c1-4-9-19(13-5-7-16-10-13)11-15(21)18-14-6-8-17-20(14)12(2)3/h6,8,12-13,16H,4-5,7,9-11H2,1-3H3,(H,18,21). The summed E-state index contributed by atoms with van der Waals surface area (Å²) in [5.41, 5.74) is 0. The van der Waals surface area contributed by atoms with Crippen molar-refractivity contribution >= 4 is 11.7 Å². The van der Waals surface area contributed by atoms with E-state index in [4.69, 9.17) is 0 Å². The Balaban J connectivity index is 1.93. The Morgan fingerprint density at radius 1 is 1.62 bits per heavy atom. The molecule has 0 bridgehead atoms. The van der Waals surface area contributed by atoms with Gasteiger partial charge in [0.05, 0.1) is 12.7 Å². The van der Waals surface area contributed by atoms with Crippen LogP contribution in [0.5, 0.6) is 0 Å². The van der Waals surface area contributed by atoms with Crippen LogP contribution in [0.4, 0.5) is 5.82 Å². The highest BCUT2D eigenvalue weighted by Gasteiger charge is 2.23. The molecule has 2 heterocycles. The van der Waals surface area contributed by atoms with E-state index < -0.39 is 0 Å². The molecule has 6 nitrogen and oxygen atoms in total. The maximum atomic E-state index is 12.3. The summed E-state index contributed by atoms with van der Waals surface area (Å²) in [6.07, 6.45) is 3.91. The minimum Gasteiger partial charge on any atom is -0.315 e. The normalized spacial score (nSPS) is 18.6. The summed E-state index contributed by atoms with van der Waals surface area (Å²) in [5, 5.41) is 10.6. The van der Waals surface area contributed by atoms with Crippen LogP contribution in [0, 0.1) is 0 Å². The van der Waals surface area contributed by atoms with Gasteiger partial charge < -0.3 is 10.6 Å². The van der Waals surface area contributed by atoms with Crippen molar-refractivity contribution in [2.75, 3.05) is 31.5 Å². The topological polar surface area (TPSA) is 62.2 Å². The van der Waals surface area contributed by atoms with Gasteiger partial charge in [0.25, 0.3) is 0 Å². The number of rotatable bonds is 7. The number of hydrogen-bond acceptors (Lipinski definition) is 4. The summed E-state index contributed by atoms with van der Waals surface area (Å²) in [4.78, 5) is 14.6. The van der Waals surface area contributed by atoms with Gasteiger partial charge in [0.15, 0.2) is 0 Å². The SMILES string of the molecule is CCCN(CC(=O)Nc1ccnn1C(C)C)C1CCNC1. The molecule has 0 saturated carbocycles. The van der Waals surface area contributed by atoms with Crippen molar-refractivity contribution in [1.82, 2.24) is 20.0 Å². The summed E-state index contributed by atoms with van der Waals surface area (Å²) in [7, 11) is 0. The number of nitrogens with zero attached hydrogens (tertiary/aromatic N) is 3. The van der Waals surface area contributed by atoms with Crippen LogP contribution in [0.3, 0.4) is 0 Å². The second kappa shape index (κ2) is 7.56. The molecule has 1 aromatic rings. The molecular formula is C15H27N5O. The molecule has 6 heteroatoms. The number of nitrogens with one attached hydrogen (secondary N) is 2. The van der Waals surface area contributed by atoms with Crippen LogP contribution in [-0.2, 0) is 4.79 Å². The average Bonchev–Trinajstić information content (AvgIpc) is 3.08. The Morgan fingerprint density at radius 3 is 3.05 bits per heavy atom. The van der Waals surface area contributed by atoms with Crippen molar-refractivity contribution in [1.29, 1.82) is 0 Å². The molecule has 0 spiro atoms. The molecule has 0 radical (unpaired) electrons. The zero-order chi connectivity index (χ0) is 15.2. The van der Waals surface area contributed by atoms with E-state index in [2.05, 4.69) is 41.4 Å². The van der Waals surface area contributed by atoms with Crippen molar-refractivity contribution in [3.8, 4) is 0 Å². The first-order valence-electron chi connectivity index (χ1n) is 7.90. The van der Waals surface area contributed by atoms with Gasteiger partial charge in [-0.05, 0) is 39.8 Å². The molecule has 21 heavy (non-hydrogen) atoms. The monoisotopic (exact) mass is 293 g/mol. The van der Waals surface area contributed by atoms with Crippen LogP contribution < -0.4 is 10.6 Å². The van der Waals surface area contributed by atoms with Gasteiger partial charge >= 0.3 is 0 Å². The minimum absolute atomic E-state index is 0.0396. The second-order valence-corrected chi connectivity index (χ2v) is 5.92. The number of carbonyl (C=O) groups excluding carboxylic acids is 1. The first-order chi connectivity index (χ1) is 10.1. The second-order valence-electron chi connectivity index (χ2n) is 5.92. The zero-order valence-corrected chi connectivity index (χ0v) is 13.3. The Labute approximate surface area is 126 Å². The highest BCUT2D eigenvalue weighted by molar-refractivity contribution is 5.91. The summed E-state index contributed by atoms with van der Waals surface area (Å²) in [5.74, 6) is 0.814. The van der Waals surface area contributed by atoms with Crippen molar-refractivity contribution in [3.05, 3.63) is 12.3 Å². The lowest BCUT2D eigenvalue weighted by Gasteiger charge is -2.27. The fourth-order valence-corrected chi connectivity index (χ4v) is 2.82. The Morgan fingerprint density at radius 2 is 2.43 bits per heavy atom. The number of aromatic nitrogens is 2. The molecule has 0 aliphatic carbocycles. The highest BCUT2D eigenvalue weighted by atomic mass is 16.2. The third-order valence-corrected chi connectivity index (χ3v) is 3.84. The molecule has 1 aromatic heterocycles. The lowest BCUT2D eigenvalue weighted by molar-refractivity contribution is -0.117. The number of anilines is 1. The van der Waals surface area contributed by atoms with E-state index in [-0.39, 0.29) is 11.9 Å². The molecule has 1 aliphatic heterocycles. The fraction of sp³-hybridized carbons (Fsp3) is 0.733. The molecular weight excluding hydrogens is 266 g/mol. The maximum Gasteiger partial charge on any atom is 0.239 e. The van der Waals surface area contributed by atoms with Gasteiger partial charge in [-0.25, -0.2) is 4.68 Å². The molecule has 2 N–H and O–H groups in total. The molecule has 2 rings (SSSR count). The van der Waals surface area contributed by atoms with Gasteiger partial charge in [0, 0.05) is 24.7 Å². The molecule has 0 aromatic carbocycles. The van der Waals surface area contributed by atoms with E-state index in [0.29, 0.717) is 12.6 Å². The van der Waals surface area contributed by atoms with Crippen molar-refractivity contribution in [3.63, 3.8) is 0 Å². The van der Waals surface area contributed by atoms with Crippen molar-refractivity contribution in [2.45, 2.75) is 45.7 Å². The molecule has 1 saturated heterocycles. The largest absolute Gasteiger partial charge is 0.315 e. The first kappa shape index (κ1) is 16.0. The third kappa shape index (κ3) is 4.28. The molecule has 1 atom stereocenters. The van der Waals surface area contributed by atoms with Gasteiger partial charge in [0.2, 0.25) is 5.91 Å². The number of amides is 1. The smallest absolute Gasteiger partial charge is 0.239 e. The molecule has 1 fully saturated rings. The van der Waals surface area contributed by atoms with Crippen LogP contribution in [0.15, 0.2) is 12.3 Å². The summed E-state index contributed by atoms with van der Waals surface area (Å²) in [6.45, 7) is 9.70. The van der Waals surface area contributed by atoms with Crippen LogP contribution in [0.2, 0.25) is 0 Å². The van der Waals surface area contributed by atoms with Gasteiger partial charge in [-0.1, -0.05) is 6.92 Å². The minimum atomic E-state index is 0.0396. The van der Waals surface area contributed by atoms with Crippen LogP contribution >= 0.6 is 0 Å². The lowest BCUT2D eigenvalue weighted by Crippen LogP contribution is -2.42. The lowest BCUT2D eigenvalue weighted by atomic mass is 10.2. The molecule has 118 valence electrons. The van der Waals surface area contributed by atoms with E-state index in [1.54, 1.807) is 6.20 Å². The van der Waals surface area contributed by atoms with E-state index in [0.717, 1.165) is 38.3 Å². The van der Waals surface area contributed by atoms with E-state index in [1.165, 1.54) is 0 Å². The Bertz CT molecular complexity index is 451. The average molecular weight is 293 g/mol. The van der Waals surface area contributed by atoms with Gasteiger partial charge in [-0.15, -0.1) is 0 Å². The van der Waals surface area contributed by atoms with Crippen molar-refractivity contribution in [2.24, 2.45) is 0 Å². The number of carbonyl (C=O) groups is 1. The fourth-order valence-electron chi connectivity index (χ4n) is 2.82. The summed E-state index contributed by atoms with van der Waals surface area (Å²) < 4.78 is 1.83. The Hall–Kier alpha value is -1.40. The van der Waals surface area contributed by atoms with Crippen LogP contribution in [-0.4, -0.2) is 52.8 Å². The number of hydrogen-bond donors (Lipinski definition) is 2. The van der Waals surface area contributed by atoms with Crippen molar-refractivity contribution < 1.29 is 4.79 Å².